The Hall–Kier alpha value is -3.69. The zero-order valence-corrected chi connectivity index (χ0v) is 13.7. The minimum absolute atomic E-state index is 0.0670. The summed E-state index contributed by atoms with van der Waals surface area (Å²) in [5.74, 6) is -0.186. The summed E-state index contributed by atoms with van der Waals surface area (Å²) in [5.41, 5.74) is 1.36. The van der Waals surface area contributed by atoms with Gasteiger partial charge in [-0.2, -0.15) is 0 Å². The molecule has 2 aromatic heterocycles. The van der Waals surface area contributed by atoms with Crippen molar-refractivity contribution >= 4 is 29.0 Å². The number of nitrogens with zero attached hydrogens (tertiary/aromatic N) is 4. The van der Waals surface area contributed by atoms with Crippen LogP contribution in [0.3, 0.4) is 0 Å². The van der Waals surface area contributed by atoms with Gasteiger partial charge in [0.2, 0.25) is 0 Å². The van der Waals surface area contributed by atoms with Crippen molar-refractivity contribution < 1.29 is 24.2 Å². The van der Waals surface area contributed by atoms with E-state index in [1.54, 1.807) is 31.4 Å². The van der Waals surface area contributed by atoms with Crippen LogP contribution in [-0.2, 0) is 22.7 Å². The first-order chi connectivity index (χ1) is 12.6. The van der Waals surface area contributed by atoms with Gasteiger partial charge in [0.15, 0.2) is 17.0 Å². The normalized spacial score (nSPS) is 10.5. The van der Waals surface area contributed by atoms with E-state index in [0.717, 1.165) is 5.56 Å². The van der Waals surface area contributed by atoms with E-state index < -0.39 is 12.1 Å². The molecule has 26 heavy (non-hydrogen) atoms. The summed E-state index contributed by atoms with van der Waals surface area (Å²) in [6, 6.07) is 7.09. The van der Waals surface area contributed by atoms with Gasteiger partial charge in [-0.25, -0.2) is 19.7 Å². The first-order valence-electron chi connectivity index (χ1n) is 7.51. The van der Waals surface area contributed by atoms with Crippen LogP contribution in [0.4, 0.5) is 10.6 Å². The molecule has 0 aliphatic carbocycles. The summed E-state index contributed by atoms with van der Waals surface area (Å²) in [4.78, 5) is 34.8. The van der Waals surface area contributed by atoms with Crippen molar-refractivity contribution in [2.75, 3.05) is 12.4 Å². The molecule has 3 aromatic rings. The minimum atomic E-state index is -1.03. The van der Waals surface area contributed by atoms with E-state index in [2.05, 4.69) is 20.3 Å². The number of aliphatic carboxylic acids is 1. The third-order valence-corrected chi connectivity index (χ3v) is 3.46. The molecule has 0 radical (unpaired) electrons. The molecule has 0 unspecified atom stereocenters. The van der Waals surface area contributed by atoms with Gasteiger partial charge in [0.25, 0.3) is 0 Å². The maximum absolute atomic E-state index is 12.0. The van der Waals surface area contributed by atoms with Gasteiger partial charge in [-0.1, -0.05) is 12.1 Å². The van der Waals surface area contributed by atoms with E-state index in [-0.39, 0.29) is 24.5 Å². The highest BCUT2D eigenvalue weighted by Crippen LogP contribution is 2.18. The maximum atomic E-state index is 12.0. The zero-order chi connectivity index (χ0) is 18.5. The summed E-state index contributed by atoms with van der Waals surface area (Å²) in [7, 11) is 1.57. The van der Waals surface area contributed by atoms with Gasteiger partial charge in [-0.15, -0.1) is 0 Å². The lowest BCUT2D eigenvalue weighted by molar-refractivity contribution is -0.137. The fourth-order valence-electron chi connectivity index (χ4n) is 2.24. The van der Waals surface area contributed by atoms with Gasteiger partial charge in [-0.05, 0) is 17.7 Å². The maximum Gasteiger partial charge on any atom is 0.413 e. The molecule has 0 spiro atoms. The number of ether oxygens (including phenoxy) is 2. The van der Waals surface area contributed by atoms with E-state index in [9.17, 15) is 9.59 Å². The molecule has 0 atom stereocenters. The number of nitrogens with one attached hydrogen (secondary N) is 1. The number of imidazole rings is 1. The summed E-state index contributed by atoms with van der Waals surface area (Å²) in [6.07, 6.45) is 1.82. The van der Waals surface area contributed by atoms with Crippen molar-refractivity contribution in [1.29, 1.82) is 0 Å². The zero-order valence-electron chi connectivity index (χ0n) is 13.7. The number of methoxy groups -OCH3 is 1. The number of anilines is 1. The number of carboxylic acids is 1. The van der Waals surface area contributed by atoms with Crippen LogP contribution in [0.25, 0.3) is 11.2 Å². The van der Waals surface area contributed by atoms with E-state index >= 15 is 0 Å². The van der Waals surface area contributed by atoms with E-state index in [0.29, 0.717) is 11.4 Å². The second kappa shape index (κ2) is 7.47. The van der Waals surface area contributed by atoms with E-state index in [1.807, 2.05) is 0 Å². The van der Waals surface area contributed by atoms with Crippen LogP contribution in [0.15, 0.2) is 36.9 Å². The number of hydrogen-bond donors (Lipinski definition) is 2. The summed E-state index contributed by atoms with van der Waals surface area (Å²) in [6.45, 7) is -0.230. The lowest BCUT2D eigenvalue weighted by Gasteiger charge is -2.07. The summed E-state index contributed by atoms with van der Waals surface area (Å²) in [5, 5.41) is 11.4. The quantitative estimate of drug-likeness (QED) is 0.682. The van der Waals surface area contributed by atoms with E-state index in [1.165, 1.54) is 17.2 Å². The lowest BCUT2D eigenvalue weighted by Crippen LogP contribution is -2.15. The molecule has 2 N–H and O–H groups in total. The Kier molecular flexibility index (Phi) is 4.92. The molecule has 3 rings (SSSR count). The number of hydrogen-bond acceptors (Lipinski definition) is 7. The number of rotatable bonds is 6. The van der Waals surface area contributed by atoms with Crippen molar-refractivity contribution in [2.45, 2.75) is 13.2 Å². The molecule has 1 aromatic carbocycles. The molecule has 10 heteroatoms. The topological polar surface area (TPSA) is 128 Å². The Morgan fingerprint density at radius 2 is 1.96 bits per heavy atom. The number of benzene rings is 1. The Labute approximate surface area is 147 Å². The molecule has 0 fully saturated rings. The van der Waals surface area contributed by atoms with Crippen molar-refractivity contribution in [3.8, 4) is 5.75 Å². The van der Waals surface area contributed by atoms with Crippen LogP contribution in [0.2, 0.25) is 0 Å². The third kappa shape index (κ3) is 3.86. The van der Waals surface area contributed by atoms with Gasteiger partial charge in [0, 0.05) is 0 Å². The van der Waals surface area contributed by atoms with Crippen LogP contribution in [0.5, 0.6) is 5.75 Å². The Morgan fingerprint density at radius 3 is 2.65 bits per heavy atom. The highest BCUT2D eigenvalue weighted by Gasteiger charge is 2.14. The van der Waals surface area contributed by atoms with Crippen molar-refractivity contribution in [2.24, 2.45) is 0 Å². The second-order valence-electron chi connectivity index (χ2n) is 5.21. The molecule has 2 heterocycles. The number of carbonyl (C=O) groups excluding carboxylic acids is 1. The Bertz CT molecular complexity index is 938. The number of carboxylic acid groups (broad SMARTS) is 1. The molecule has 0 aliphatic rings. The fourth-order valence-corrected chi connectivity index (χ4v) is 2.24. The molecule has 0 bridgehead atoms. The van der Waals surface area contributed by atoms with Gasteiger partial charge in [0.1, 0.15) is 25.2 Å². The van der Waals surface area contributed by atoms with Crippen LogP contribution >= 0.6 is 0 Å². The van der Waals surface area contributed by atoms with Gasteiger partial charge in [0.05, 0.1) is 13.4 Å². The molecule has 1 amide bonds. The van der Waals surface area contributed by atoms with Crippen LogP contribution in [0, 0.1) is 0 Å². The number of fused-ring (bicyclic) bond motifs is 1. The van der Waals surface area contributed by atoms with Crippen LogP contribution in [-0.4, -0.2) is 43.8 Å². The van der Waals surface area contributed by atoms with Crippen LogP contribution in [0.1, 0.15) is 5.56 Å². The predicted molar refractivity (Wildman–Crippen MR) is 89.8 cm³/mol. The minimum Gasteiger partial charge on any atom is -0.497 e. The molecule has 10 nitrogen and oxygen atoms in total. The van der Waals surface area contributed by atoms with Gasteiger partial charge >= 0.3 is 12.1 Å². The number of carbonyl (C=O) groups is 2. The van der Waals surface area contributed by atoms with Gasteiger partial charge in [-0.3, -0.25) is 10.1 Å². The largest absolute Gasteiger partial charge is 0.497 e. The summed E-state index contributed by atoms with van der Waals surface area (Å²) < 4.78 is 11.5. The molecule has 0 saturated carbocycles. The fraction of sp³-hybridized carbons (Fsp3) is 0.188. The smallest absolute Gasteiger partial charge is 0.413 e. The van der Waals surface area contributed by atoms with Crippen molar-refractivity contribution in [3.05, 3.63) is 42.5 Å². The first kappa shape index (κ1) is 17.1. The van der Waals surface area contributed by atoms with Gasteiger partial charge < -0.3 is 19.1 Å². The Morgan fingerprint density at radius 1 is 1.19 bits per heavy atom. The lowest BCUT2D eigenvalue weighted by atomic mass is 10.2. The first-order valence-corrected chi connectivity index (χ1v) is 7.51. The highest BCUT2D eigenvalue weighted by atomic mass is 16.5. The molecule has 134 valence electrons. The highest BCUT2D eigenvalue weighted by molar-refractivity contribution is 5.93. The average Bonchev–Trinajstić information content (AvgIpc) is 3.04. The SMILES string of the molecule is COc1ccc(COC(=O)Nc2ncnc3c2ncn3CC(=O)O)cc1. The molecule has 0 aliphatic heterocycles. The Balaban J connectivity index is 1.67. The van der Waals surface area contributed by atoms with E-state index in [4.69, 9.17) is 14.6 Å². The standard InChI is InChI=1S/C16H15N5O5/c1-25-11-4-2-10(3-5-11)7-26-16(24)20-14-13-15(18-8-17-14)21(9-19-13)6-12(22)23/h2-5,8-9H,6-7H2,1H3,(H,22,23)(H,17,18,20,24). The van der Waals surface area contributed by atoms with Crippen LogP contribution < -0.4 is 10.1 Å². The molecular formula is C16H15N5O5. The predicted octanol–water partition coefficient (Wildman–Crippen LogP) is 1.67. The number of amides is 1. The number of aromatic nitrogens is 4. The van der Waals surface area contributed by atoms with Crippen molar-refractivity contribution in [1.82, 2.24) is 19.5 Å². The molecular weight excluding hydrogens is 342 g/mol. The second-order valence-corrected chi connectivity index (χ2v) is 5.21. The third-order valence-electron chi connectivity index (χ3n) is 3.46. The monoisotopic (exact) mass is 357 g/mol. The van der Waals surface area contributed by atoms with Crippen molar-refractivity contribution in [3.63, 3.8) is 0 Å². The molecule has 0 saturated heterocycles. The average molecular weight is 357 g/mol. The summed E-state index contributed by atoms with van der Waals surface area (Å²) >= 11 is 0.